The van der Waals surface area contributed by atoms with Crippen molar-refractivity contribution in [2.24, 2.45) is 5.92 Å². The molecule has 9 heteroatoms. The SMILES string of the molecule is CC(C)C(=O)Cn1nncc1C[C@@H]1OC(CO)[C@@H](O)C(O)[C@@H]1[18F]. The lowest BCUT2D eigenvalue weighted by Crippen LogP contribution is -2.57. The maximum atomic E-state index is 14.2. The lowest BCUT2D eigenvalue weighted by Gasteiger charge is -2.38. The zero-order chi connectivity index (χ0) is 17.1. The number of rotatable bonds is 6. The molecule has 0 aliphatic carbocycles. The van der Waals surface area contributed by atoms with Gasteiger partial charge in [0.1, 0.15) is 24.9 Å². The van der Waals surface area contributed by atoms with E-state index in [2.05, 4.69) is 10.3 Å². The normalized spacial score (nSPS) is 31.5. The summed E-state index contributed by atoms with van der Waals surface area (Å²) in [6, 6.07) is 0. The largest absolute Gasteiger partial charge is 0.394 e. The molecule has 2 unspecified atom stereocenters. The highest BCUT2D eigenvalue weighted by atomic mass is 18.2. The van der Waals surface area contributed by atoms with Crippen molar-refractivity contribution in [3.8, 4) is 0 Å². The summed E-state index contributed by atoms with van der Waals surface area (Å²) in [5.74, 6) is -0.204. The van der Waals surface area contributed by atoms with Gasteiger partial charge in [-0.15, -0.1) is 5.10 Å². The topological polar surface area (TPSA) is 118 Å². The highest BCUT2D eigenvalue weighted by Crippen LogP contribution is 2.25. The van der Waals surface area contributed by atoms with Crippen molar-refractivity contribution in [3.63, 3.8) is 0 Å². The van der Waals surface area contributed by atoms with E-state index in [1.54, 1.807) is 13.8 Å². The average Bonchev–Trinajstić information content (AvgIpc) is 2.94. The number of carbonyl (C=O) groups is 1. The summed E-state index contributed by atoms with van der Waals surface area (Å²) in [6.07, 6.45) is -5.68. The molecular weight excluding hydrogens is 308 g/mol. The Kier molecular flexibility index (Phi) is 5.79. The zero-order valence-electron chi connectivity index (χ0n) is 13.0. The number of ketones is 1. The van der Waals surface area contributed by atoms with Crippen LogP contribution >= 0.6 is 0 Å². The number of halogens is 1. The highest BCUT2D eigenvalue weighted by molar-refractivity contribution is 5.80. The third-order valence-corrected chi connectivity index (χ3v) is 4.00. The van der Waals surface area contributed by atoms with Gasteiger partial charge < -0.3 is 20.1 Å². The Bertz CT molecular complexity index is 536. The van der Waals surface area contributed by atoms with Crippen molar-refractivity contribution < 1.29 is 29.2 Å². The molecule has 0 saturated carbocycles. The van der Waals surface area contributed by atoms with Crippen LogP contribution in [0.1, 0.15) is 19.5 Å². The number of hydrogen-bond acceptors (Lipinski definition) is 7. The van der Waals surface area contributed by atoms with E-state index < -0.39 is 37.2 Å². The lowest BCUT2D eigenvalue weighted by molar-refractivity contribution is -0.211. The molecule has 0 bridgehead atoms. The number of carbonyl (C=O) groups excluding carboxylic acids is 1. The Morgan fingerprint density at radius 1 is 1.39 bits per heavy atom. The quantitative estimate of drug-likeness (QED) is 0.604. The van der Waals surface area contributed by atoms with E-state index in [0.29, 0.717) is 5.69 Å². The molecule has 0 aromatic carbocycles. The van der Waals surface area contributed by atoms with Gasteiger partial charge in [0.2, 0.25) is 0 Å². The molecule has 1 aliphatic rings. The average molecular weight is 330 g/mol. The van der Waals surface area contributed by atoms with Crippen LogP contribution in [0.4, 0.5) is 4.39 Å². The molecule has 1 fully saturated rings. The highest BCUT2D eigenvalue weighted by Gasteiger charge is 2.44. The van der Waals surface area contributed by atoms with E-state index in [0.717, 1.165) is 0 Å². The van der Waals surface area contributed by atoms with Gasteiger partial charge in [-0.05, 0) is 0 Å². The van der Waals surface area contributed by atoms with Crippen molar-refractivity contribution in [2.45, 2.75) is 57.4 Å². The fourth-order valence-corrected chi connectivity index (χ4v) is 2.43. The van der Waals surface area contributed by atoms with Crippen LogP contribution in [0, 0.1) is 5.92 Å². The summed E-state index contributed by atoms with van der Waals surface area (Å²) >= 11 is 0. The van der Waals surface area contributed by atoms with E-state index in [1.165, 1.54) is 10.9 Å². The number of nitrogens with zero attached hydrogens (tertiary/aromatic N) is 3. The van der Waals surface area contributed by atoms with E-state index in [4.69, 9.17) is 9.84 Å². The summed E-state index contributed by atoms with van der Waals surface area (Å²) < 4.78 is 20.9. The molecule has 5 atom stereocenters. The van der Waals surface area contributed by atoms with Crippen LogP contribution in [0.25, 0.3) is 0 Å². The van der Waals surface area contributed by atoms with Gasteiger partial charge in [0.15, 0.2) is 12.0 Å². The number of hydrogen-bond donors (Lipinski definition) is 3. The van der Waals surface area contributed by atoms with Gasteiger partial charge in [-0.25, -0.2) is 9.07 Å². The monoisotopic (exact) mass is 330 g/mol. The van der Waals surface area contributed by atoms with E-state index in [9.17, 15) is 19.4 Å². The molecular formula is C14H22FN3O5. The first-order valence-electron chi connectivity index (χ1n) is 7.51. The van der Waals surface area contributed by atoms with Crippen molar-refractivity contribution in [1.82, 2.24) is 15.0 Å². The lowest BCUT2D eigenvalue weighted by atomic mass is 9.93. The molecule has 2 heterocycles. The second-order valence-corrected chi connectivity index (χ2v) is 6.03. The Morgan fingerprint density at radius 2 is 2.09 bits per heavy atom. The number of aliphatic hydroxyl groups excluding tert-OH is 3. The summed E-state index contributed by atoms with van der Waals surface area (Å²) in [5.41, 5.74) is 0.479. The predicted molar refractivity (Wildman–Crippen MR) is 76.2 cm³/mol. The molecule has 23 heavy (non-hydrogen) atoms. The maximum Gasteiger partial charge on any atom is 0.156 e. The van der Waals surface area contributed by atoms with Crippen LogP contribution < -0.4 is 0 Å². The van der Waals surface area contributed by atoms with Gasteiger partial charge in [0, 0.05) is 12.3 Å². The summed E-state index contributed by atoms with van der Waals surface area (Å²) in [5, 5.41) is 36.0. The third kappa shape index (κ3) is 3.92. The summed E-state index contributed by atoms with van der Waals surface area (Å²) in [7, 11) is 0. The van der Waals surface area contributed by atoms with Gasteiger partial charge in [-0.3, -0.25) is 4.79 Å². The molecule has 1 aromatic heterocycles. The third-order valence-electron chi connectivity index (χ3n) is 4.00. The molecule has 1 saturated heterocycles. The molecule has 0 spiro atoms. The van der Waals surface area contributed by atoms with Crippen LogP contribution in [0.3, 0.4) is 0 Å². The van der Waals surface area contributed by atoms with Crippen LogP contribution in [0.5, 0.6) is 0 Å². The Hall–Kier alpha value is -1.42. The second-order valence-electron chi connectivity index (χ2n) is 6.03. The van der Waals surface area contributed by atoms with Gasteiger partial charge in [-0.1, -0.05) is 19.1 Å². The standard InChI is InChI=1S/C14H22FN3O5/c1-7(2)9(20)5-18-8(4-16-17-18)3-10-12(15)14(22)13(21)11(6-19)23-10/h4,7,10-14,19,21-22H,3,5-6H2,1-2H3/t10-,11?,12+,13+,14?/m0/s1/i15-1. The Balaban J connectivity index is 2.10. The first-order chi connectivity index (χ1) is 10.8. The molecule has 1 aliphatic heterocycles. The molecule has 3 N–H and O–H groups in total. The zero-order valence-corrected chi connectivity index (χ0v) is 13.0. The maximum absolute atomic E-state index is 14.2. The molecule has 130 valence electrons. The number of alkyl halides is 1. The van der Waals surface area contributed by atoms with Crippen molar-refractivity contribution >= 4 is 5.78 Å². The van der Waals surface area contributed by atoms with Gasteiger partial charge >= 0.3 is 0 Å². The van der Waals surface area contributed by atoms with Crippen LogP contribution in [-0.2, 0) is 22.5 Å². The van der Waals surface area contributed by atoms with Crippen molar-refractivity contribution in [1.29, 1.82) is 0 Å². The van der Waals surface area contributed by atoms with Crippen LogP contribution in [0.15, 0.2) is 6.20 Å². The van der Waals surface area contributed by atoms with Gasteiger partial charge in [0.25, 0.3) is 0 Å². The minimum Gasteiger partial charge on any atom is -0.394 e. The molecule has 0 amide bonds. The van der Waals surface area contributed by atoms with E-state index in [1.807, 2.05) is 0 Å². The molecule has 8 nitrogen and oxygen atoms in total. The fraction of sp³-hybridized carbons (Fsp3) is 0.786. The van der Waals surface area contributed by atoms with Crippen molar-refractivity contribution in [3.05, 3.63) is 11.9 Å². The Morgan fingerprint density at radius 3 is 2.70 bits per heavy atom. The van der Waals surface area contributed by atoms with E-state index >= 15 is 0 Å². The van der Waals surface area contributed by atoms with Crippen molar-refractivity contribution in [2.75, 3.05) is 6.61 Å². The summed E-state index contributed by atoms with van der Waals surface area (Å²) in [6.45, 7) is 3.02. The van der Waals surface area contributed by atoms with Crippen LogP contribution in [0.2, 0.25) is 0 Å². The summed E-state index contributed by atoms with van der Waals surface area (Å²) in [4.78, 5) is 11.8. The first-order valence-corrected chi connectivity index (χ1v) is 7.51. The molecule has 2 rings (SSSR count). The van der Waals surface area contributed by atoms with Gasteiger partial charge in [-0.2, -0.15) is 0 Å². The molecule has 1 aromatic rings. The number of aliphatic hydroxyl groups is 3. The molecule has 0 radical (unpaired) electrons. The fourth-order valence-electron chi connectivity index (χ4n) is 2.43. The number of Topliss-reactive ketones (excluding diaryl/α,β-unsaturated/α-hetero) is 1. The number of ether oxygens (including phenoxy) is 1. The van der Waals surface area contributed by atoms with E-state index in [-0.39, 0.29) is 24.7 Å². The minimum atomic E-state index is -1.82. The first kappa shape index (κ1) is 17.9. The Labute approximate surface area is 132 Å². The number of aromatic nitrogens is 3. The predicted octanol–water partition coefficient (Wildman–Crippen LogP) is -1.13. The second kappa shape index (κ2) is 7.43. The van der Waals surface area contributed by atoms with Crippen LogP contribution in [-0.4, -0.2) is 73.3 Å². The van der Waals surface area contributed by atoms with Gasteiger partial charge in [0.05, 0.1) is 24.6 Å². The minimum absolute atomic E-state index is 0.0137. The smallest absolute Gasteiger partial charge is 0.156 e.